The Morgan fingerprint density at radius 2 is 1.87 bits per heavy atom. The number of hydrogen-bond acceptors (Lipinski definition) is 4. The third-order valence-electron chi connectivity index (χ3n) is 5.28. The van der Waals surface area contributed by atoms with Gasteiger partial charge in [-0.05, 0) is 56.2 Å². The summed E-state index contributed by atoms with van der Waals surface area (Å²) in [5.41, 5.74) is 0.918. The van der Waals surface area contributed by atoms with E-state index in [1.807, 2.05) is 19.1 Å². The number of carbonyl (C=O) groups is 1. The summed E-state index contributed by atoms with van der Waals surface area (Å²) >= 11 is 0. The first-order chi connectivity index (χ1) is 11.0. The van der Waals surface area contributed by atoms with Gasteiger partial charge in [0.15, 0.2) is 0 Å². The lowest BCUT2D eigenvalue weighted by Gasteiger charge is -2.35. The molecule has 2 fully saturated rings. The van der Waals surface area contributed by atoms with Crippen molar-refractivity contribution in [1.82, 2.24) is 0 Å². The van der Waals surface area contributed by atoms with Crippen molar-refractivity contribution in [2.24, 2.45) is 0 Å². The van der Waals surface area contributed by atoms with Crippen LogP contribution in [0, 0.1) is 0 Å². The molecular formula is C18H24O5. The standard InChI is InChI=1S/C18H24O5/c1-17(10-11-19)12-18(23-22-17)8-6-14(7-9-18)13-2-4-15(5-3-13)16(20)21/h2-5,14,19H,6-12H2,1H3,(H,20,21). The Morgan fingerprint density at radius 3 is 2.43 bits per heavy atom. The summed E-state index contributed by atoms with van der Waals surface area (Å²) in [6.07, 6.45) is 5.29. The molecule has 1 aliphatic carbocycles. The molecule has 0 amide bonds. The minimum atomic E-state index is -0.890. The van der Waals surface area contributed by atoms with Crippen LogP contribution in [0.3, 0.4) is 0 Å². The number of hydrogen-bond donors (Lipinski definition) is 2. The summed E-state index contributed by atoms with van der Waals surface area (Å²) in [4.78, 5) is 22.2. The van der Waals surface area contributed by atoms with Gasteiger partial charge >= 0.3 is 5.97 Å². The second kappa shape index (κ2) is 6.23. The number of carboxylic acids is 1. The molecule has 0 aromatic heterocycles. The molecule has 0 bridgehead atoms. The lowest BCUT2D eigenvalue weighted by molar-refractivity contribution is -0.353. The molecule has 2 N–H and O–H groups in total. The van der Waals surface area contributed by atoms with E-state index in [1.54, 1.807) is 12.1 Å². The van der Waals surface area contributed by atoms with Crippen LogP contribution in [0.2, 0.25) is 0 Å². The average Bonchev–Trinajstić information content (AvgIpc) is 2.85. The van der Waals surface area contributed by atoms with Crippen molar-refractivity contribution in [2.45, 2.75) is 62.6 Å². The van der Waals surface area contributed by atoms with E-state index in [4.69, 9.17) is 20.0 Å². The lowest BCUT2D eigenvalue weighted by Crippen LogP contribution is -2.35. The van der Waals surface area contributed by atoms with Gasteiger partial charge in [-0.3, -0.25) is 0 Å². The molecule has 0 radical (unpaired) electrons. The van der Waals surface area contributed by atoms with E-state index in [2.05, 4.69) is 0 Å². The first kappa shape index (κ1) is 16.4. The summed E-state index contributed by atoms with van der Waals surface area (Å²) in [7, 11) is 0. The molecule has 1 spiro atoms. The number of aliphatic hydroxyl groups is 1. The third kappa shape index (κ3) is 3.42. The summed E-state index contributed by atoms with van der Waals surface area (Å²) in [6.45, 7) is 2.10. The lowest BCUT2D eigenvalue weighted by atomic mass is 9.72. The predicted octanol–water partition coefficient (Wildman–Crippen LogP) is 3.27. The molecule has 1 unspecified atom stereocenters. The molecule has 1 aromatic rings. The topological polar surface area (TPSA) is 76.0 Å². The van der Waals surface area contributed by atoms with Crippen molar-refractivity contribution in [3.8, 4) is 0 Å². The van der Waals surface area contributed by atoms with E-state index >= 15 is 0 Å². The van der Waals surface area contributed by atoms with Crippen molar-refractivity contribution in [3.63, 3.8) is 0 Å². The molecule has 1 heterocycles. The van der Waals surface area contributed by atoms with Crippen LogP contribution in [-0.2, 0) is 9.78 Å². The van der Waals surface area contributed by atoms with Gasteiger partial charge in [-0.2, -0.15) is 0 Å². The monoisotopic (exact) mass is 320 g/mol. The Labute approximate surface area is 136 Å². The van der Waals surface area contributed by atoms with Gasteiger partial charge in [0.2, 0.25) is 0 Å². The summed E-state index contributed by atoms with van der Waals surface area (Å²) in [5.74, 6) is -0.449. The van der Waals surface area contributed by atoms with Crippen LogP contribution >= 0.6 is 0 Å². The van der Waals surface area contributed by atoms with E-state index in [-0.39, 0.29) is 17.8 Å². The van der Waals surface area contributed by atoms with Gasteiger partial charge in [-0.15, -0.1) is 0 Å². The molecule has 5 heteroatoms. The van der Waals surface area contributed by atoms with Gasteiger partial charge in [-0.1, -0.05) is 12.1 Å². The maximum absolute atomic E-state index is 10.9. The zero-order chi connectivity index (χ0) is 16.5. The molecule has 1 saturated carbocycles. The Balaban J connectivity index is 1.61. The van der Waals surface area contributed by atoms with Crippen molar-refractivity contribution >= 4 is 5.97 Å². The SMILES string of the molecule is CC1(CCO)CC2(CCC(c3ccc(C(=O)O)cc3)CC2)OO1. The van der Waals surface area contributed by atoms with E-state index in [0.29, 0.717) is 17.9 Å². The first-order valence-corrected chi connectivity index (χ1v) is 8.26. The highest BCUT2D eigenvalue weighted by molar-refractivity contribution is 5.87. The molecule has 1 aliphatic heterocycles. The average molecular weight is 320 g/mol. The van der Waals surface area contributed by atoms with Gasteiger partial charge in [0.1, 0.15) is 11.2 Å². The largest absolute Gasteiger partial charge is 0.478 e. The van der Waals surface area contributed by atoms with Gasteiger partial charge in [0.05, 0.1) is 5.56 Å². The van der Waals surface area contributed by atoms with Crippen molar-refractivity contribution in [1.29, 1.82) is 0 Å². The number of rotatable bonds is 4. The third-order valence-corrected chi connectivity index (χ3v) is 5.28. The normalized spacial score (nSPS) is 33.9. The van der Waals surface area contributed by atoms with Crippen LogP contribution in [0.25, 0.3) is 0 Å². The van der Waals surface area contributed by atoms with Crippen LogP contribution in [0.15, 0.2) is 24.3 Å². The van der Waals surface area contributed by atoms with Crippen LogP contribution in [0.1, 0.15) is 67.3 Å². The Bertz CT molecular complexity index is 559. The Hall–Kier alpha value is -1.43. The maximum atomic E-state index is 10.9. The summed E-state index contributed by atoms with van der Waals surface area (Å²) < 4.78 is 0. The number of aromatic carboxylic acids is 1. The van der Waals surface area contributed by atoms with Gasteiger partial charge in [-0.25, -0.2) is 14.6 Å². The second-order valence-corrected chi connectivity index (χ2v) is 7.15. The number of carboxylic acid groups (broad SMARTS) is 1. The molecule has 3 rings (SSSR count). The Morgan fingerprint density at radius 1 is 1.22 bits per heavy atom. The van der Waals surface area contributed by atoms with E-state index in [1.165, 1.54) is 5.56 Å². The van der Waals surface area contributed by atoms with Crippen molar-refractivity contribution < 1.29 is 24.8 Å². The predicted molar refractivity (Wildman–Crippen MR) is 84.2 cm³/mol. The van der Waals surface area contributed by atoms with Crippen LogP contribution < -0.4 is 0 Å². The highest BCUT2D eigenvalue weighted by atomic mass is 17.2. The highest BCUT2D eigenvalue weighted by Gasteiger charge is 2.50. The fourth-order valence-corrected chi connectivity index (χ4v) is 3.93. The Kier molecular flexibility index (Phi) is 4.45. The highest BCUT2D eigenvalue weighted by Crippen LogP contribution is 2.49. The summed E-state index contributed by atoms with van der Waals surface area (Å²) in [5, 5.41) is 18.1. The maximum Gasteiger partial charge on any atom is 0.335 e. The minimum absolute atomic E-state index is 0.106. The minimum Gasteiger partial charge on any atom is -0.478 e. The molecule has 126 valence electrons. The van der Waals surface area contributed by atoms with Crippen LogP contribution in [-0.4, -0.2) is 34.0 Å². The van der Waals surface area contributed by atoms with Gasteiger partial charge in [0, 0.05) is 19.4 Å². The molecular weight excluding hydrogens is 296 g/mol. The first-order valence-electron chi connectivity index (χ1n) is 8.26. The van der Waals surface area contributed by atoms with E-state index in [0.717, 1.165) is 32.1 Å². The molecule has 1 atom stereocenters. The zero-order valence-electron chi connectivity index (χ0n) is 13.5. The quantitative estimate of drug-likeness (QED) is 0.833. The number of benzene rings is 1. The molecule has 23 heavy (non-hydrogen) atoms. The summed E-state index contributed by atoms with van der Waals surface area (Å²) in [6, 6.07) is 7.20. The molecule has 1 saturated heterocycles. The molecule has 5 nitrogen and oxygen atoms in total. The van der Waals surface area contributed by atoms with E-state index < -0.39 is 5.97 Å². The van der Waals surface area contributed by atoms with Crippen LogP contribution in [0.4, 0.5) is 0 Å². The smallest absolute Gasteiger partial charge is 0.335 e. The zero-order valence-corrected chi connectivity index (χ0v) is 13.5. The molecule has 1 aromatic carbocycles. The van der Waals surface area contributed by atoms with Crippen molar-refractivity contribution in [2.75, 3.05) is 6.61 Å². The van der Waals surface area contributed by atoms with Crippen molar-refractivity contribution in [3.05, 3.63) is 35.4 Å². The van der Waals surface area contributed by atoms with Gasteiger partial charge in [0.25, 0.3) is 0 Å². The molecule has 2 aliphatic rings. The second-order valence-electron chi connectivity index (χ2n) is 7.15. The van der Waals surface area contributed by atoms with Crippen LogP contribution in [0.5, 0.6) is 0 Å². The van der Waals surface area contributed by atoms with E-state index in [9.17, 15) is 4.79 Å². The fraction of sp³-hybridized carbons (Fsp3) is 0.611. The fourth-order valence-electron chi connectivity index (χ4n) is 3.93. The van der Waals surface area contributed by atoms with Gasteiger partial charge < -0.3 is 10.2 Å². The number of aliphatic hydroxyl groups excluding tert-OH is 1.